The predicted molar refractivity (Wildman–Crippen MR) is 89.1 cm³/mol. The fourth-order valence-electron chi connectivity index (χ4n) is 2.22. The first-order valence-corrected chi connectivity index (χ1v) is 7.51. The molecule has 6 nitrogen and oxygen atoms in total. The van der Waals surface area contributed by atoms with E-state index in [1.165, 1.54) is 4.68 Å². The Hall–Kier alpha value is -2.86. The Morgan fingerprint density at radius 1 is 1.17 bits per heavy atom. The number of carbonyl (C=O) groups excluding carboxylic acids is 1. The first-order valence-electron chi connectivity index (χ1n) is 7.13. The van der Waals surface area contributed by atoms with Crippen LogP contribution < -0.4 is 9.47 Å². The summed E-state index contributed by atoms with van der Waals surface area (Å²) in [6.45, 7) is 1.72. The molecule has 3 aromatic rings. The molecule has 0 saturated heterocycles. The number of esters is 1. The van der Waals surface area contributed by atoms with Gasteiger partial charge in [-0.25, -0.2) is 9.48 Å². The largest absolute Gasteiger partial charge is 0.494 e. The second-order valence-electron chi connectivity index (χ2n) is 4.95. The maximum atomic E-state index is 12.3. The molecule has 0 unspecified atom stereocenters. The fourth-order valence-corrected chi connectivity index (χ4v) is 2.39. The summed E-state index contributed by atoms with van der Waals surface area (Å²) < 4.78 is 12.1. The van der Waals surface area contributed by atoms with Crippen LogP contribution in [0.15, 0.2) is 48.5 Å². The number of benzene rings is 2. The number of hydrogen-bond acceptors (Lipinski definition) is 5. The van der Waals surface area contributed by atoms with Crippen LogP contribution >= 0.6 is 11.6 Å². The first-order chi connectivity index (χ1) is 11.6. The number of halogens is 1. The van der Waals surface area contributed by atoms with Gasteiger partial charge in [0.1, 0.15) is 17.2 Å². The Kier molecular flexibility index (Phi) is 4.48. The van der Waals surface area contributed by atoms with Crippen molar-refractivity contribution in [3.8, 4) is 17.2 Å². The molecule has 24 heavy (non-hydrogen) atoms. The Morgan fingerprint density at radius 2 is 1.92 bits per heavy atom. The SMILES string of the molecule is COc1ccc(Cl)cc1-n1nnc(C(=O)Oc2ccccc2)c1C. The number of nitrogens with zero attached hydrogens (tertiary/aromatic N) is 3. The van der Waals surface area contributed by atoms with Gasteiger partial charge in [-0.3, -0.25) is 0 Å². The molecule has 0 aliphatic rings. The number of carbonyl (C=O) groups is 1. The topological polar surface area (TPSA) is 66.2 Å². The number of methoxy groups -OCH3 is 1. The molecule has 0 atom stereocenters. The molecular formula is C17H14ClN3O3. The van der Waals surface area contributed by atoms with Gasteiger partial charge in [-0.1, -0.05) is 35.0 Å². The van der Waals surface area contributed by atoms with Crippen LogP contribution in [0.1, 0.15) is 16.2 Å². The van der Waals surface area contributed by atoms with Crippen molar-refractivity contribution in [2.24, 2.45) is 0 Å². The van der Waals surface area contributed by atoms with E-state index in [1.54, 1.807) is 56.5 Å². The molecule has 0 fully saturated rings. The summed E-state index contributed by atoms with van der Waals surface area (Å²) in [5.41, 5.74) is 1.24. The predicted octanol–water partition coefficient (Wildman–Crippen LogP) is 3.46. The van der Waals surface area contributed by atoms with Gasteiger partial charge in [0.2, 0.25) is 0 Å². The third-order valence-corrected chi connectivity index (χ3v) is 3.65. The Bertz CT molecular complexity index is 878. The normalized spacial score (nSPS) is 10.5. The third kappa shape index (κ3) is 3.09. The van der Waals surface area contributed by atoms with Crippen LogP contribution in [0.4, 0.5) is 0 Å². The van der Waals surface area contributed by atoms with Gasteiger partial charge in [-0.15, -0.1) is 5.10 Å². The molecule has 0 amide bonds. The van der Waals surface area contributed by atoms with Crippen molar-refractivity contribution in [2.75, 3.05) is 7.11 Å². The van der Waals surface area contributed by atoms with E-state index in [-0.39, 0.29) is 5.69 Å². The van der Waals surface area contributed by atoms with Crippen molar-refractivity contribution in [1.29, 1.82) is 0 Å². The van der Waals surface area contributed by atoms with E-state index in [0.717, 1.165) is 0 Å². The molecule has 0 aliphatic carbocycles. The molecule has 1 heterocycles. The summed E-state index contributed by atoms with van der Waals surface area (Å²) in [5.74, 6) is 0.429. The molecule has 0 spiro atoms. The standard InChI is InChI=1S/C17H14ClN3O3/c1-11-16(17(22)24-13-6-4-3-5-7-13)19-20-21(11)14-10-12(18)8-9-15(14)23-2/h3-10H,1-2H3. The van der Waals surface area contributed by atoms with E-state index in [2.05, 4.69) is 10.3 Å². The molecule has 0 bridgehead atoms. The molecule has 122 valence electrons. The van der Waals surface area contributed by atoms with Gasteiger partial charge in [0, 0.05) is 5.02 Å². The van der Waals surface area contributed by atoms with E-state index >= 15 is 0 Å². The maximum Gasteiger partial charge on any atom is 0.366 e. The summed E-state index contributed by atoms with van der Waals surface area (Å²) in [7, 11) is 1.55. The number of para-hydroxylation sites is 1. The quantitative estimate of drug-likeness (QED) is 0.536. The molecule has 0 N–H and O–H groups in total. The minimum Gasteiger partial charge on any atom is -0.494 e. The number of hydrogen-bond donors (Lipinski definition) is 0. The zero-order chi connectivity index (χ0) is 17.1. The number of rotatable bonds is 4. The molecule has 3 rings (SSSR count). The summed E-state index contributed by atoms with van der Waals surface area (Å²) in [4.78, 5) is 12.3. The van der Waals surface area contributed by atoms with Crippen molar-refractivity contribution in [1.82, 2.24) is 15.0 Å². The molecule has 2 aromatic carbocycles. The average Bonchev–Trinajstić information content (AvgIpc) is 2.97. The first kappa shape index (κ1) is 16.0. The second kappa shape index (κ2) is 6.72. The minimum absolute atomic E-state index is 0.126. The van der Waals surface area contributed by atoms with E-state index in [9.17, 15) is 4.79 Å². The van der Waals surface area contributed by atoms with Crippen molar-refractivity contribution in [3.63, 3.8) is 0 Å². The van der Waals surface area contributed by atoms with Gasteiger partial charge in [-0.05, 0) is 37.3 Å². The van der Waals surface area contributed by atoms with Gasteiger partial charge in [-0.2, -0.15) is 0 Å². The molecule has 0 saturated carbocycles. The lowest BCUT2D eigenvalue weighted by Gasteiger charge is -2.09. The second-order valence-corrected chi connectivity index (χ2v) is 5.39. The highest BCUT2D eigenvalue weighted by molar-refractivity contribution is 6.30. The zero-order valence-corrected chi connectivity index (χ0v) is 13.8. The van der Waals surface area contributed by atoms with E-state index in [0.29, 0.717) is 27.9 Å². The zero-order valence-electron chi connectivity index (χ0n) is 13.1. The molecule has 1 aromatic heterocycles. The molecule has 0 aliphatic heterocycles. The lowest BCUT2D eigenvalue weighted by Crippen LogP contribution is -2.11. The van der Waals surface area contributed by atoms with Crippen molar-refractivity contribution < 1.29 is 14.3 Å². The maximum absolute atomic E-state index is 12.3. The van der Waals surface area contributed by atoms with Crippen LogP contribution in [0.25, 0.3) is 5.69 Å². The smallest absolute Gasteiger partial charge is 0.366 e. The molecule has 0 radical (unpaired) electrons. The van der Waals surface area contributed by atoms with Crippen LogP contribution in [0.5, 0.6) is 11.5 Å². The number of ether oxygens (including phenoxy) is 2. The van der Waals surface area contributed by atoms with Gasteiger partial charge in [0.15, 0.2) is 5.69 Å². The van der Waals surface area contributed by atoms with Gasteiger partial charge >= 0.3 is 5.97 Å². The summed E-state index contributed by atoms with van der Waals surface area (Å²) in [6.07, 6.45) is 0. The minimum atomic E-state index is -0.578. The van der Waals surface area contributed by atoms with Crippen LogP contribution in [0, 0.1) is 6.92 Å². The summed E-state index contributed by atoms with van der Waals surface area (Å²) in [5, 5.41) is 8.48. The summed E-state index contributed by atoms with van der Waals surface area (Å²) in [6, 6.07) is 13.9. The lowest BCUT2D eigenvalue weighted by atomic mass is 10.2. The number of aromatic nitrogens is 3. The van der Waals surface area contributed by atoms with Crippen molar-refractivity contribution in [3.05, 3.63) is 64.9 Å². The van der Waals surface area contributed by atoms with E-state index in [4.69, 9.17) is 21.1 Å². The van der Waals surface area contributed by atoms with E-state index < -0.39 is 5.97 Å². The van der Waals surface area contributed by atoms with Gasteiger partial charge in [0.25, 0.3) is 0 Å². The highest BCUT2D eigenvalue weighted by Gasteiger charge is 2.21. The molecular weight excluding hydrogens is 330 g/mol. The fraction of sp³-hybridized carbons (Fsp3) is 0.118. The van der Waals surface area contributed by atoms with Gasteiger partial charge < -0.3 is 9.47 Å². The van der Waals surface area contributed by atoms with Gasteiger partial charge in [0.05, 0.1) is 12.8 Å². The Balaban J connectivity index is 1.94. The summed E-state index contributed by atoms with van der Waals surface area (Å²) >= 11 is 6.04. The highest BCUT2D eigenvalue weighted by atomic mass is 35.5. The van der Waals surface area contributed by atoms with Crippen LogP contribution in [0.2, 0.25) is 5.02 Å². The molecule has 7 heteroatoms. The Morgan fingerprint density at radius 3 is 2.62 bits per heavy atom. The van der Waals surface area contributed by atoms with Crippen LogP contribution in [-0.4, -0.2) is 28.1 Å². The lowest BCUT2D eigenvalue weighted by molar-refractivity contribution is 0.0727. The van der Waals surface area contributed by atoms with Crippen LogP contribution in [0.3, 0.4) is 0 Å². The Labute approximate surface area is 143 Å². The third-order valence-electron chi connectivity index (χ3n) is 3.41. The van der Waals surface area contributed by atoms with E-state index in [1.807, 2.05) is 6.07 Å². The van der Waals surface area contributed by atoms with Crippen molar-refractivity contribution in [2.45, 2.75) is 6.92 Å². The average molecular weight is 344 g/mol. The van der Waals surface area contributed by atoms with Crippen LogP contribution in [-0.2, 0) is 0 Å². The highest BCUT2D eigenvalue weighted by Crippen LogP contribution is 2.27. The monoisotopic (exact) mass is 343 g/mol. The van der Waals surface area contributed by atoms with Crippen molar-refractivity contribution >= 4 is 17.6 Å².